The minimum atomic E-state index is 0.636. The summed E-state index contributed by atoms with van der Waals surface area (Å²) in [6.45, 7) is 9.49. The molecule has 1 aliphatic rings. The number of rotatable bonds is 43. The van der Waals surface area contributed by atoms with Crippen LogP contribution in [0.3, 0.4) is 0 Å². The average molecular weight is 715 g/mol. The highest BCUT2D eigenvalue weighted by Crippen LogP contribution is 2.24. The quantitative estimate of drug-likeness (QED) is 0.0580. The first-order chi connectivity index (χ1) is 25.3. The van der Waals surface area contributed by atoms with Crippen molar-refractivity contribution < 1.29 is 0 Å². The Morgan fingerprint density at radius 2 is 0.451 bits per heavy atom. The Kier molecular flexibility index (Phi) is 38.4. The maximum absolute atomic E-state index is 2.74. The highest BCUT2D eigenvalue weighted by molar-refractivity contribution is 4.97. The zero-order valence-electron chi connectivity index (χ0n) is 36.0. The van der Waals surface area contributed by atoms with Gasteiger partial charge in [-0.3, -0.25) is 0 Å². The third-order valence-electron chi connectivity index (χ3n) is 12.1. The Morgan fingerprint density at radius 3 is 0.686 bits per heavy atom. The summed E-state index contributed by atoms with van der Waals surface area (Å²) in [6, 6.07) is 0. The Labute approximate surface area is 324 Å². The lowest BCUT2D eigenvalue weighted by atomic mass is 10.0. The van der Waals surface area contributed by atoms with Crippen LogP contribution in [0, 0.1) is 0 Å². The van der Waals surface area contributed by atoms with Crippen molar-refractivity contribution in [2.45, 2.75) is 290 Å². The normalized spacial score (nSPS) is 14.5. The van der Waals surface area contributed by atoms with Gasteiger partial charge in [-0.25, -0.2) is 0 Å². The van der Waals surface area contributed by atoms with Crippen molar-refractivity contribution in [1.82, 2.24) is 9.80 Å². The number of nitrogens with zero attached hydrogens (tertiary/aromatic N) is 2. The zero-order chi connectivity index (χ0) is 36.6. The fourth-order valence-corrected chi connectivity index (χ4v) is 8.48. The predicted octanol–water partition coefficient (Wildman–Crippen LogP) is 17.5. The first-order valence-corrected chi connectivity index (χ1v) is 24.5. The molecular weight excluding hydrogens is 617 g/mol. The van der Waals surface area contributed by atoms with Gasteiger partial charge >= 0.3 is 0 Å². The number of hydrogen-bond donors (Lipinski definition) is 0. The van der Waals surface area contributed by atoms with Gasteiger partial charge in [-0.15, -0.1) is 0 Å². The Hall–Kier alpha value is -0.660. The molecule has 0 spiro atoms. The summed E-state index contributed by atoms with van der Waals surface area (Å²) in [5.74, 6) is 0. The molecule has 1 heterocycles. The van der Waals surface area contributed by atoms with Crippen molar-refractivity contribution in [3.05, 3.63) is 12.4 Å². The van der Waals surface area contributed by atoms with Crippen molar-refractivity contribution in [1.29, 1.82) is 0 Å². The fraction of sp³-hybridized carbons (Fsp3) is 0.959. The summed E-state index contributed by atoms with van der Waals surface area (Å²) in [5.41, 5.74) is 0. The van der Waals surface area contributed by atoms with Gasteiger partial charge in [0.2, 0.25) is 0 Å². The van der Waals surface area contributed by atoms with Crippen LogP contribution in [0.1, 0.15) is 284 Å². The van der Waals surface area contributed by atoms with Crippen molar-refractivity contribution >= 4 is 0 Å². The van der Waals surface area contributed by atoms with E-state index in [4.69, 9.17) is 0 Å². The summed E-state index contributed by atoms with van der Waals surface area (Å²) in [4.78, 5) is 5.48. The third-order valence-corrected chi connectivity index (χ3v) is 12.1. The van der Waals surface area contributed by atoms with Crippen LogP contribution in [0.15, 0.2) is 12.4 Å². The van der Waals surface area contributed by atoms with Crippen molar-refractivity contribution in [2.75, 3.05) is 13.1 Å². The molecule has 0 N–H and O–H groups in total. The molecule has 0 aromatic carbocycles. The zero-order valence-corrected chi connectivity index (χ0v) is 36.0. The van der Waals surface area contributed by atoms with Crippen molar-refractivity contribution in [2.24, 2.45) is 0 Å². The van der Waals surface area contributed by atoms with Crippen LogP contribution in [0.5, 0.6) is 0 Å². The van der Waals surface area contributed by atoms with Gasteiger partial charge in [0.1, 0.15) is 6.17 Å². The molecule has 2 nitrogen and oxygen atoms in total. The molecule has 1 unspecified atom stereocenters. The average Bonchev–Trinajstić information content (AvgIpc) is 3.53. The molecule has 1 atom stereocenters. The lowest BCUT2D eigenvalue weighted by molar-refractivity contribution is 0.135. The molecule has 0 aliphatic carbocycles. The van der Waals surface area contributed by atoms with E-state index in [9.17, 15) is 0 Å². The van der Waals surface area contributed by atoms with Crippen LogP contribution in [0.2, 0.25) is 0 Å². The summed E-state index contributed by atoms with van der Waals surface area (Å²) in [7, 11) is 0. The molecule has 0 amide bonds. The summed E-state index contributed by atoms with van der Waals surface area (Å²) in [6.07, 6.45) is 64.9. The molecule has 0 aromatic rings. The molecular formula is C49H98N2. The van der Waals surface area contributed by atoms with Crippen LogP contribution in [-0.2, 0) is 0 Å². The lowest BCUT2D eigenvalue weighted by Gasteiger charge is -2.33. The third kappa shape index (κ3) is 32.5. The maximum Gasteiger partial charge on any atom is 0.101 e. The van der Waals surface area contributed by atoms with E-state index in [1.54, 1.807) is 0 Å². The van der Waals surface area contributed by atoms with E-state index in [-0.39, 0.29) is 0 Å². The molecule has 0 aromatic heterocycles. The second-order valence-corrected chi connectivity index (χ2v) is 17.1. The Morgan fingerprint density at radius 1 is 0.255 bits per heavy atom. The number of unbranched alkanes of at least 4 members (excludes halogenated alkanes) is 37. The van der Waals surface area contributed by atoms with Crippen LogP contribution in [-0.4, -0.2) is 29.1 Å². The molecule has 0 saturated carbocycles. The van der Waals surface area contributed by atoms with E-state index < -0.39 is 0 Å². The van der Waals surface area contributed by atoms with E-state index >= 15 is 0 Å². The second kappa shape index (κ2) is 40.5. The van der Waals surface area contributed by atoms with Gasteiger partial charge in [-0.2, -0.15) is 0 Å². The lowest BCUT2D eigenvalue weighted by Crippen LogP contribution is -2.39. The van der Waals surface area contributed by atoms with Gasteiger partial charge < -0.3 is 9.80 Å². The fourth-order valence-electron chi connectivity index (χ4n) is 8.48. The molecule has 0 fully saturated rings. The first-order valence-electron chi connectivity index (χ1n) is 24.5. The highest BCUT2D eigenvalue weighted by Gasteiger charge is 2.24. The Balaban J connectivity index is 2.19. The van der Waals surface area contributed by atoms with Gasteiger partial charge in [-0.1, -0.05) is 258 Å². The predicted molar refractivity (Wildman–Crippen MR) is 233 cm³/mol. The standard InChI is InChI=1S/C49H98N2/c1-4-7-10-13-16-19-22-24-25-26-28-31-34-37-40-43-46-51-48-47-50(45-42-39-36-33-30-27-23-20-17-14-11-8-5-2)49(51)44-41-38-35-32-29-21-18-15-12-9-6-3/h47-49H,4-46H2,1-3H3. The van der Waals surface area contributed by atoms with Crippen molar-refractivity contribution in [3.63, 3.8) is 0 Å². The SMILES string of the molecule is CCCCCCCCCCCCCCCCCCN1C=CN(CCCCCCCCCCCCCCC)C1CCCCCCCCCCCCC. The van der Waals surface area contributed by atoms with E-state index in [0.717, 1.165) is 0 Å². The van der Waals surface area contributed by atoms with Gasteiger partial charge in [0, 0.05) is 25.5 Å². The summed E-state index contributed by atoms with van der Waals surface area (Å²) >= 11 is 0. The monoisotopic (exact) mass is 715 g/mol. The summed E-state index contributed by atoms with van der Waals surface area (Å²) < 4.78 is 0. The van der Waals surface area contributed by atoms with E-state index in [0.29, 0.717) is 6.17 Å². The molecule has 1 aliphatic heterocycles. The summed E-state index contributed by atoms with van der Waals surface area (Å²) in [5, 5.41) is 0. The van der Waals surface area contributed by atoms with Crippen LogP contribution in [0.4, 0.5) is 0 Å². The molecule has 51 heavy (non-hydrogen) atoms. The Bertz CT molecular complexity index is 673. The topological polar surface area (TPSA) is 6.48 Å². The van der Waals surface area contributed by atoms with Crippen LogP contribution >= 0.6 is 0 Å². The molecule has 0 bridgehead atoms. The molecule has 0 saturated heterocycles. The molecule has 1 rings (SSSR count). The minimum Gasteiger partial charge on any atom is -0.356 e. The van der Waals surface area contributed by atoms with Crippen molar-refractivity contribution in [3.8, 4) is 0 Å². The molecule has 0 radical (unpaired) electrons. The molecule has 304 valence electrons. The van der Waals surface area contributed by atoms with E-state index in [2.05, 4.69) is 43.0 Å². The highest BCUT2D eigenvalue weighted by atomic mass is 15.4. The minimum absolute atomic E-state index is 0.636. The van der Waals surface area contributed by atoms with Gasteiger partial charge in [0.05, 0.1) is 0 Å². The maximum atomic E-state index is 2.74. The van der Waals surface area contributed by atoms with E-state index in [1.807, 2.05) is 0 Å². The smallest absolute Gasteiger partial charge is 0.101 e. The van der Waals surface area contributed by atoms with E-state index in [1.165, 1.54) is 276 Å². The van der Waals surface area contributed by atoms with Gasteiger partial charge in [-0.05, 0) is 25.7 Å². The van der Waals surface area contributed by atoms with Crippen LogP contribution < -0.4 is 0 Å². The second-order valence-electron chi connectivity index (χ2n) is 17.1. The van der Waals surface area contributed by atoms with Gasteiger partial charge in [0.25, 0.3) is 0 Å². The molecule has 2 heteroatoms. The largest absolute Gasteiger partial charge is 0.356 e. The van der Waals surface area contributed by atoms with Crippen LogP contribution in [0.25, 0.3) is 0 Å². The first kappa shape index (κ1) is 48.4. The number of hydrogen-bond acceptors (Lipinski definition) is 2. The van der Waals surface area contributed by atoms with Gasteiger partial charge in [0.15, 0.2) is 0 Å².